The first kappa shape index (κ1) is 18.8. The fraction of sp³-hybridized carbons (Fsp3) is 0.667. The summed E-state index contributed by atoms with van der Waals surface area (Å²) in [6.45, 7) is 8.61. The average Bonchev–Trinajstić information content (AvgIpc) is 2.48. The number of hydrogen-bond acceptors (Lipinski definition) is 4. The Hall–Kier alpha value is -1.49. The second-order valence-electron chi connectivity index (χ2n) is 7.47. The van der Waals surface area contributed by atoms with Gasteiger partial charge in [0.2, 0.25) is 0 Å². The molecule has 1 aromatic heterocycles. The van der Waals surface area contributed by atoms with E-state index in [4.69, 9.17) is 16.3 Å². The smallest absolute Gasteiger partial charge is 0.410 e. The normalized spacial score (nSPS) is 19.7. The number of nitrogens with zero attached hydrogens (tertiary/aromatic N) is 2. The molecular weight excluding hydrogens is 326 g/mol. The molecule has 2 rings (SSSR count). The van der Waals surface area contributed by atoms with Crippen molar-refractivity contribution in [1.29, 1.82) is 0 Å². The van der Waals surface area contributed by atoms with E-state index in [1.165, 1.54) is 0 Å². The predicted molar refractivity (Wildman–Crippen MR) is 97.5 cm³/mol. The van der Waals surface area contributed by atoms with Crippen LogP contribution in [0.15, 0.2) is 18.3 Å². The van der Waals surface area contributed by atoms with E-state index in [0.29, 0.717) is 5.15 Å². The Labute approximate surface area is 149 Å². The second-order valence-corrected chi connectivity index (χ2v) is 7.86. The molecule has 1 aliphatic rings. The molecule has 0 aromatic carbocycles. The second kappa shape index (κ2) is 8.06. The molecule has 0 radical (unpaired) electrons. The zero-order valence-corrected chi connectivity index (χ0v) is 15.8. The number of carbonyl (C=O) groups is 1. The summed E-state index contributed by atoms with van der Waals surface area (Å²) in [6.07, 6.45) is 5.61. The summed E-state index contributed by atoms with van der Waals surface area (Å²) >= 11 is 5.81. The molecule has 2 unspecified atom stereocenters. The van der Waals surface area contributed by atoms with E-state index >= 15 is 0 Å². The molecule has 0 saturated carbocycles. The lowest BCUT2D eigenvalue weighted by atomic mass is 9.96. The number of nitrogens with one attached hydrogen (secondary N) is 1. The Bertz CT molecular complexity index is 542. The van der Waals surface area contributed by atoms with Crippen molar-refractivity contribution < 1.29 is 9.53 Å². The SMILES string of the molecule is CC(CC1CCCCN1C(=O)OC(C)(C)C)Nc1ccc(Cl)nc1. The van der Waals surface area contributed by atoms with Crippen molar-refractivity contribution >= 4 is 23.4 Å². The Morgan fingerprint density at radius 3 is 2.83 bits per heavy atom. The standard InChI is InChI=1S/C18H28ClN3O2/c1-13(21-14-8-9-16(19)20-12-14)11-15-7-5-6-10-22(15)17(23)24-18(2,3)4/h8-9,12-13,15,21H,5-7,10-11H2,1-4H3. The molecule has 1 aliphatic heterocycles. The van der Waals surface area contributed by atoms with Crippen LogP contribution in [0.4, 0.5) is 10.5 Å². The number of piperidine rings is 1. The summed E-state index contributed by atoms with van der Waals surface area (Å²) in [7, 11) is 0. The highest BCUT2D eigenvalue weighted by Crippen LogP contribution is 2.24. The van der Waals surface area contributed by atoms with E-state index in [2.05, 4.69) is 17.2 Å². The van der Waals surface area contributed by atoms with Gasteiger partial charge in [-0.1, -0.05) is 11.6 Å². The fourth-order valence-corrected chi connectivity index (χ4v) is 3.13. The highest BCUT2D eigenvalue weighted by molar-refractivity contribution is 6.29. The molecule has 1 amide bonds. The minimum absolute atomic E-state index is 0.201. The fourth-order valence-electron chi connectivity index (χ4n) is 3.02. The van der Waals surface area contributed by atoms with Gasteiger partial charge in [-0.15, -0.1) is 0 Å². The van der Waals surface area contributed by atoms with Crippen LogP contribution in [0.1, 0.15) is 53.4 Å². The van der Waals surface area contributed by atoms with Crippen molar-refractivity contribution in [2.75, 3.05) is 11.9 Å². The van der Waals surface area contributed by atoms with Crippen LogP contribution in [-0.2, 0) is 4.74 Å². The van der Waals surface area contributed by atoms with Gasteiger partial charge in [-0.25, -0.2) is 9.78 Å². The van der Waals surface area contributed by atoms with Crippen LogP contribution in [-0.4, -0.2) is 40.2 Å². The van der Waals surface area contributed by atoms with Crippen molar-refractivity contribution in [3.05, 3.63) is 23.5 Å². The molecule has 134 valence electrons. The van der Waals surface area contributed by atoms with E-state index in [9.17, 15) is 4.79 Å². The van der Waals surface area contributed by atoms with E-state index in [-0.39, 0.29) is 18.2 Å². The Morgan fingerprint density at radius 2 is 2.21 bits per heavy atom. The van der Waals surface area contributed by atoms with Crippen molar-refractivity contribution in [3.63, 3.8) is 0 Å². The third-order valence-corrected chi connectivity index (χ3v) is 4.24. The number of hydrogen-bond donors (Lipinski definition) is 1. The Balaban J connectivity index is 1.94. The summed E-state index contributed by atoms with van der Waals surface area (Å²) in [4.78, 5) is 18.4. The molecule has 1 N–H and O–H groups in total. The summed E-state index contributed by atoms with van der Waals surface area (Å²) in [6, 6.07) is 4.11. The lowest BCUT2D eigenvalue weighted by Gasteiger charge is -2.38. The van der Waals surface area contributed by atoms with Crippen molar-refractivity contribution in [2.45, 2.75) is 71.1 Å². The summed E-state index contributed by atoms with van der Waals surface area (Å²) < 4.78 is 5.56. The monoisotopic (exact) mass is 353 g/mol. The van der Waals surface area contributed by atoms with Crippen LogP contribution in [0, 0.1) is 0 Å². The molecule has 0 bridgehead atoms. The molecule has 1 saturated heterocycles. The number of aromatic nitrogens is 1. The number of halogens is 1. The molecule has 1 aromatic rings. The average molecular weight is 354 g/mol. The van der Waals surface area contributed by atoms with Crippen LogP contribution in [0.2, 0.25) is 5.15 Å². The Morgan fingerprint density at radius 1 is 1.46 bits per heavy atom. The third-order valence-electron chi connectivity index (χ3n) is 4.02. The van der Waals surface area contributed by atoms with Crippen LogP contribution in [0.5, 0.6) is 0 Å². The van der Waals surface area contributed by atoms with E-state index in [1.807, 2.05) is 31.7 Å². The van der Waals surface area contributed by atoms with Crippen LogP contribution < -0.4 is 5.32 Å². The summed E-state index contributed by atoms with van der Waals surface area (Å²) in [5, 5.41) is 3.91. The zero-order valence-electron chi connectivity index (χ0n) is 15.0. The van der Waals surface area contributed by atoms with E-state index in [0.717, 1.165) is 37.9 Å². The summed E-state index contributed by atoms with van der Waals surface area (Å²) in [5.41, 5.74) is 0.476. The van der Waals surface area contributed by atoms with Gasteiger partial charge < -0.3 is 15.0 Å². The first-order valence-corrected chi connectivity index (χ1v) is 9.00. The van der Waals surface area contributed by atoms with Gasteiger partial charge in [0.25, 0.3) is 0 Å². The van der Waals surface area contributed by atoms with Crippen LogP contribution in [0.3, 0.4) is 0 Å². The first-order valence-electron chi connectivity index (χ1n) is 8.62. The van der Waals surface area contributed by atoms with Crippen molar-refractivity contribution in [2.24, 2.45) is 0 Å². The zero-order chi connectivity index (χ0) is 17.7. The van der Waals surface area contributed by atoms with Gasteiger partial charge in [0, 0.05) is 18.6 Å². The molecule has 5 nitrogen and oxygen atoms in total. The van der Waals surface area contributed by atoms with E-state index < -0.39 is 5.60 Å². The van der Waals surface area contributed by atoms with Gasteiger partial charge in [-0.05, 0) is 65.5 Å². The molecule has 1 fully saturated rings. The number of carbonyl (C=O) groups excluding carboxylic acids is 1. The van der Waals surface area contributed by atoms with Gasteiger partial charge in [0.15, 0.2) is 0 Å². The topological polar surface area (TPSA) is 54.5 Å². The molecule has 2 heterocycles. The van der Waals surface area contributed by atoms with Crippen molar-refractivity contribution in [1.82, 2.24) is 9.88 Å². The number of pyridine rings is 1. The molecule has 24 heavy (non-hydrogen) atoms. The highest BCUT2D eigenvalue weighted by atomic mass is 35.5. The maximum atomic E-state index is 12.5. The number of likely N-dealkylation sites (tertiary alicyclic amines) is 1. The van der Waals surface area contributed by atoms with Crippen LogP contribution in [0.25, 0.3) is 0 Å². The molecular formula is C18H28ClN3O2. The van der Waals surface area contributed by atoms with E-state index in [1.54, 1.807) is 12.3 Å². The molecule has 0 spiro atoms. The number of rotatable bonds is 4. The maximum absolute atomic E-state index is 12.5. The van der Waals surface area contributed by atoms with Gasteiger partial charge >= 0.3 is 6.09 Å². The minimum Gasteiger partial charge on any atom is -0.444 e. The lowest BCUT2D eigenvalue weighted by Crippen LogP contribution is -2.47. The van der Waals surface area contributed by atoms with Gasteiger partial charge in [-0.2, -0.15) is 0 Å². The number of amides is 1. The molecule has 2 atom stereocenters. The maximum Gasteiger partial charge on any atom is 0.410 e. The first-order chi connectivity index (χ1) is 11.2. The summed E-state index contributed by atoms with van der Waals surface area (Å²) in [5.74, 6) is 0. The number of ether oxygens (including phenoxy) is 1. The largest absolute Gasteiger partial charge is 0.444 e. The minimum atomic E-state index is -0.460. The van der Waals surface area contributed by atoms with Crippen LogP contribution >= 0.6 is 11.6 Å². The van der Waals surface area contributed by atoms with Gasteiger partial charge in [0.05, 0.1) is 11.9 Å². The highest BCUT2D eigenvalue weighted by Gasteiger charge is 2.31. The van der Waals surface area contributed by atoms with Gasteiger partial charge in [-0.3, -0.25) is 0 Å². The Kier molecular flexibility index (Phi) is 6.33. The quantitative estimate of drug-likeness (QED) is 0.796. The van der Waals surface area contributed by atoms with Gasteiger partial charge in [0.1, 0.15) is 10.8 Å². The molecule has 6 heteroatoms. The third kappa shape index (κ3) is 5.86. The predicted octanol–water partition coefficient (Wildman–Crippen LogP) is 4.72. The lowest BCUT2D eigenvalue weighted by molar-refractivity contribution is 0.00852. The number of anilines is 1. The van der Waals surface area contributed by atoms with Crippen molar-refractivity contribution in [3.8, 4) is 0 Å². The molecule has 0 aliphatic carbocycles.